The van der Waals surface area contributed by atoms with E-state index in [0.29, 0.717) is 6.54 Å². The molecule has 20 heavy (non-hydrogen) atoms. The first-order valence-electron chi connectivity index (χ1n) is 6.59. The van der Waals surface area contributed by atoms with Gasteiger partial charge in [-0.1, -0.05) is 19.1 Å². The molecule has 0 aliphatic heterocycles. The smallest absolute Gasteiger partial charge is 0.387 e. The van der Waals surface area contributed by atoms with Crippen molar-refractivity contribution < 1.29 is 18.3 Å². The van der Waals surface area contributed by atoms with Crippen molar-refractivity contribution in [2.24, 2.45) is 0 Å². The summed E-state index contributed by atoms with van der Waals surface area (Å²) in [6.07, 6.45) is -5.32. The van der Waals surface area contributed by atoms with E-state index in [2.05, 4.69) is 10.2 Å². The van der Waals surface area contributed by atoms with Crippen molar-refractivity contribution in [3.8, 4) is 0 Å². The number of halogens is 3. The number of likely N-dealkylation sites (N-methyl/N-ethyl adjacent to an activating group) is 1. The van der Waals surface area contributed by atoms with Crippen molar-refractivity contribution in [1.29, 1.82) is 0 Å². The highest BCUT2D eigenvalue weighted by atomic mass is 19.4. The molecule has 0 spiro atoms. The third-order valence-electron chi connectivity index (χ3n) is 3.15. The zero-order chi connectivity index (χ0) is 15.2. The molecular weight excluding hydrogens is 269 g/mol. The summed E-state index contributed by atoms with van der Waals surface area (Å²) in [6.45, 7) is 4.71. The van der Waals surface area contributed by atoms with Gasteiger partial charge in [-0.05, 0) is 31.3 Å². The molecular formula is C14H21F3N2O. The van der Waals surface area contributed by atoms with Crippen LogP contribution in [0, 0.1) is 0 Å². The molecule has 0 radical (unpaired) electrons. The fourth-order valence-corrected chi connectivity index (χ4v) is 1.71. The molecule has 0 aliphatic carbocycles. The third kappa shape index (κ3) is 5.48. The summed E-state index contributed by atoms with van der Waals surface area (Å²) in [5, 5.41) is 12.9. The summed E-state index contributed by atoms with van der Waals surface area (Å²) in [5.74, 6) is 0. The van der Waals surface area contributed by atoms with Gasteiger partial charge >= 0.3 is 6.18 Å². The normalized spacial score (nSPS) is 13.8. The fourth-order valence-electron chi connectivity index (χ4n) is 1.71. The Morgan fingerprint density at radius 1 is 1.35 bits per heavy atom. The van der Waals surface area contributed by atoms with Crippen LogP contribution in [0.5, 0.6) is 0 Å². The highest BCUT2D eigenvalue weighted by molar-refractivity contribution is 5.27. The Balaban J connectivity index is 2.49. The zero-order valence-electron chi connectivity index (χ0n) is 11.7. The number of aliphatic hydroxyl groups excluding tert-OH is 1. The minimum Gasteiger partial charge on any atom is -0.387 e. The molecule has 1 rings (SSSR count). The highest BCUT2D eigenvalue weighted by Crippen LogP contribution is 2.30. The largest absolute Gasteiger partial charge is 0.416 e. The molecule has 6 heteroatoms. The second kappa shape index (κ2) is 7.61. The SMILES string of the molecule is CCN(C)CCNCC(O)c1cccc(C(F)(F)F)c1. The number of nitrogens with zero attached hydrogens (tertiary/aromatic N) is 1. The number of benzene rings is 1. The van der Waals surface area contributed by atoms with Gasteiger partial charge in [0, 0.05) is 19.6 Å². The van der Waals surface area contributed by atoms with Gasteiger partial charge in [0.05, 0.1) is 11.7 Å². The number of rotatable bonds is 7. The molecule has 3 nitrogen and oxygen atoms in total. The quantitative estimate of drug-likeness (QED) is 0.756. The Morgan fingerprint density at radius 3 is 2.65 bits per heavy atom. The Hall–Kier alpha value is -1.11. The van der Waals surface area contributed by atoms with Crippen molar-refractivity contribution in [1.82, 2.24) is 10.2 Å². The van der Waals surface area contributed by atoms with Crippen LogP contribution in [0.4, 0.5) is 13.2 Å². The molecule has 1 atom stereocenters. The summed E-state index contributed by atoms with van der Waals surface area (Å²) in [7, 11) is 1.98. The van der Waals surface area contributed by atoms with E-state index < -0.39 is 17.8 Å². The maximum atomic E-state index is 12.6. The van der Waals surface area contributed by atoms with E-state index in [1.165, 1.54) is 12.1 Å². The van der Waals surface area contributed by atoms with Gasteiger partial charge in [-0.3, -0.25) is 0 Å². The molecule has 0 fully saturated rings. The van der Waals surface area contributed by atoms with Crippen molar-refractivity contribution >= 4 is 0 Å². The lowest BCUT2D eigenvalue weighted by Gasteiger charge is -2.17. The maximum Gasteiger partial charge on any atom is 0.416 e. The van der Waals surface area contributed by atoms with E-state index >= 15 is 0 Å². The first-order valence-corrected chi connectivity index (χ1v) is 6.59. The number of hydrogen-bond donors (Lipinski definition) is 2. The molecule has 1 aromatic carbocycles. The number of hydrogen-bond acceptors (Lipinski definition) is 3. The van der Waals surface area contributed by atoms with Gasteiger partial charge in [0.15, 0.2) is 0 Å². The standard InChI is InChI=1S/C14H21F3N2O/c1-3-19(2)8-7-18-10-13(20)11-5-4-6-12(9-11)14(15,16)17/h4-6,9,13,18,20H,3,7-8,10H2,1-2H3. The Bertz CT molecular complexity index is 410. The Labute approximate surface area is 117 Å². The first kappa shape index (κ1) is 16.9. The fraction of sp³-hybridized carbons (Fsp3) is 0.571. The van der Waals surface area contributed by atoms with E-state index in [9.17, 15) is 18.3 Å². The van der Waals surface area contributed by atoms with E-state index in [1.54, 1.807) is 0 Å². The van der Waals surface area contributed by atoms with Gasteiger partial charge in [0.25, 0.3) is 0 Å². The average Bonchev–Trinajstić information content (AvgIpc) is 2.42. The second-order valence-corrected chi connectivity index (χ2v) is 4.74. The van der Waals surface area contributed by atoms with Gasteiger partial charge in [-0.2, -0.15) is 13.2 Å². The monoisotopic (exact) mass is 290 g/mol. The number of aliphatic hydroxyl groups is 1. The molecule has 0 aromatic heterocycles. The number of nitrogens with one attached hydrogen (secondary N) is 1. The summed E-state index contributed by atoms with van der Waals surface area (Å²) in [5.41, 5.74) is -0.462. The lowest BCUT2D eigenvalue weighted by molar-refractivity contribution is -0.137. The zero-order valence-corrected chi connectivity index (χ0v) is 11.7. The van der Waals surface area contributed by atoms with E-state index in [1.807, 2.05) is 14.0 Å². The molecule has 1 unspecified atom stereocenters. The van der Waals surface area contributed by atoms with E-state index in [4.69, 9.17) is 0 Å². The van der Waals surface area contributed by atoms with Crippen molar-refractivity contribution in [3.05, 3.63) is 35.4 Å². The molecule has 0 bridgehead atoms. The molecule has 114 valence electrons. The summed E-state index contributed by atoms with van der Waals surface area (Å²) in [4.78, 5) is 2.10. The lowest BCUT2D eigenvalue weighted by atomic mass is 10.1. The minimum absolute atomic E-state index is 0.235. The number of alkyl halides is 3. The van der Waals surface area contributed by atoms with Crippen LogP contribution in [0.15, 0.2) is 24.3 Å². The van der Waals surface area contributed by atoms with Gasteiger partial charge in [-0.15, -0.1) is 0 Å². The van der Waals surface area contributed by atoms with Crippen LogP contribution in [0.25, 0.3) is 0 Å². The Morgan fingerprint density at radius 2 is 2.05 bits per heavy atom. The summed E-state index contributed by atoms with van der Waals surface area (Å²) >= 11 is 0. The van der Waals surface area contributed by atoms with Gasteiger partial charge in [0.2, 0.25) is 0 Å². The summed E-state index contributed by atoms with van der Waals surface area (Å²) < 4.78 is 37.7. The van der Waals surface area contributed by atoms with Crippen LogP contribution >= 0.6 is 0 Å². The summed E-state index contributed by atoms with van der Waals surface area (Å²) in [6, 6.07) is 4.80. The van der Waals surface area contributed by atoms with E-state index in [-0.39, 0.29) is 12.1 Å². The van der Waals surface area contributed by atoms with Crippen LogP contribution in [0.1, 0.15) is 24.2 Å². The predicted octanol–water partition coefficient (Wildman–Crippen LogP) is 2.28. The third-order valence-corrected chi connectivity index (χ3v) is 3.15. The van der Waals surface area contributed by atoms with Gasteiger partial charge < -0.3 is 15.3 Å². The van der Waals surface area contributed by atoms with Crippen LogP contribution in [-0.4, -0.2) is 43.2 Å². The van der Waals surface area contributed by atoms with Crippen LogP contribution in [0.3, 0.4) is 0 Å². The molecule has 0 amide bonds. The molecule has 0 saturated heterocycles. The molecule has 0 heterocycles. The van der Waals surface area contributed by atoms with Crippen molar-refractivity contribution in [3.63, 3.8) is 0 Å². The highest BCUT2D eigenvalue weighted by Gasteiger charge is 2.30. The molecule has 0 aliphatic rings. The van der Waals surface area contributed by atoms with Crippen LogP contribution in [0.2, 0.25) is 0 Å². The minimum atomic E-state index is -4.38. The Kier molecular flexibility index (Phi) is 6.45. The predicted molar refractivity (Wildman–Crippen MR) is 72.4 cm³/mol. The van der Waals surface area contributed by atoms with Crippen molar-refractivity contribution in [2.45, 2.75) is 19.2 Å². The maximum absolute atomic E-state index is 12.6. The molecule has 0 saturated carbocycles. The topological polar surface area (TPSA) is 35.5 Å². The van der Waals surface area contributed by atoms with Gasteiger partial charge in [-0.25, -0.2) is 0 Å². The second-order valence-electron chi connectivity index (χ2n) is 4.74. The average molecular weight is 290 g/mol. The van der Waals surface area contributed by atoms with Crippen LogP contribution < -0.4 is 5.32 Å². The van der Waals surface area contributed by atoms with Gasteiger partial charge in [0.1, 0.15) is 0 Å². The van der Waals surface area contributed by atoms with E-state index in [0.717, 1.165) is 25.2 Å². The lowest BCUT2D eigenvalue weighted by Crippen LogP contribution is -2.31. The van der Waals surface area contributed by atoms with Crippen molar-refractivity contribution in [2.75, 3.05) is 33.2 Å². The first-order chi connectivity index (χ1) is 9.34. The molecule has 1 aromatic rings. The van der Waals surface area contributed by atoms with Crippen LogP contribution in [-0.2, 0) is 6.18 Å². The molecule has 2 N–H and O–H groups in total.